The quantitative estimate of drug-likeness (QED) is 0.514. The molecule has 0 saturated heterocycles. The van der Waals surface area contributed by atoms with E-state index in [4.69, 9.17) is 0 Å². The van der Waals surface area contributed by atoms with Gasteiger partial charge in [0.15, 0.2) is 0 Å². The van der Waals surface area contributed by atoms with Gasteiger partial charge in [0, 0.05) is 11.8 Å². The Kier molecular flexibility index (Phi) is 2.53. The van der Waals surface area contributed by atoms with Gasteiger partial charge in [-0.3, -0.25) is 4.79 Å². The van der Waals surface area contributed by atoms with E-state index in [2.05, 4.69) is 20.8 Å². The van der Waals surface area contributed by atoms with Crippen LogP contribution in [0.25, 0.3) is 0 Å². The number of hydrogen-bond acceptors (Lipinski definition) is 1. The van der Waals surface area contributed by atoms with Gasteiger partial charge in [-0.2, -0.15) is 0 Å². The minimum atomic E-state index is 0. The molecule has 2 saturated carbocycles. The molecule has 0 aromatic rings. The van der Waals surface area contributed by atoms with Crippen LogP contribution in [0.4, 0.5) is 0 Å². The van der Waals surface area contributed by atoms with Crippen LogP contribution in [0.2, 0.25) is 0 Å². The van der Waals surface area contributed by atoms with E-state index in [1.54, 1.807) is 0 Å². The molecule has 2 unspecified atom stereocenters. The van der Waals surface area contributed by atoms with Gasteiger partial charge >= 0.3 is 29.6 Å². The molecule has 2 atom stereocenters. The van der Waals surface area contributed by atoms with Gasteiger partial charge in [-0.05, 0) is 24.2 Å². The van der Waals surface area contributed by atoms with Crippen LogP contribution in [0.5, 0.6) is 0 Å². The molecule has 2 bridgehead atoms. The van der Waals surface area contributed by atoms with E-state index >= 15 is 0 Å². The zero-order chi connectivity index (χ0) is 8.28. The first-order chi connectivity index (χ1) is 4.98. The van der Waals surface area contributed by atoms with Gasteiger partial charge in [-0.1, -0.05) is 20.8 Å². The maximum absolute atomic E-state index is 11.6. The summed E-state index contributed by atoms with van der Waals surface area (Å²) in [7, 11) is 0. The SMILES string of the molecule is CC12CCC(CC1=O)C2(C)C.[NaH]. The molecule has 2 heteroatoms. The Bertz CT molecular complexity index is 222. The van der Waals surface area contributed by atoms with E-state index in [-0.39, 0.29) is 40.4 Å². The van der Waals surface area contributed by atoms with Crippen molar-refractivity contribution in [2.45, 2.75) is 40.0 Å². The molecule has 2 aliphatic rings. The van der Waals surface area contributed by atoms with Gasteiger partial charge in [0.1, 0.15) is 5.78 Å². The predicted octanol–water partition coefficient (Wildman–Crippen LogP) is 1.75. The van der Waals surface area contributed by atoms with Gasteiger partial charge in [-0.25, -0.2) is 0 Å². The van der Waals surface area contributed by atoms with Crippen LogP contribution in [0.15, 0.2) is 0 Å². The molecule has 64 valence electrons. The molecule has 12 heavy (non-hydrogen) atoms. The molecule has 2 aliphatic carbocycles. The summed E-state index contributed by atoms with van der Waals surface area (Å²) >= 11 is 0. The zero-order valence-corrected chi connectivity index (χ0v) is 7.61. The van der Waals surface area contributed by atoms with Crippen molar-refractivity contribution in [3.05, 3.63) is 0 Å². The van der Waals surface area contributed by atoms with E-state index in [0.29, 0.717) is 11.7 Å². The van der Waals surface area contributed by atoms with Crippen LogP contribution in [0, 0.1) is 16.7 Å². The first kappa shape index (κ1) is 10.7. The van der Waals surface area contributed by atoms with Crippen LogP contribution in [-0.2, 0) is 4.79 Å². The second-order valence-corrected chi connectivity index (χ2v) is 4.92. The fourth-order valence-corrected chi connectivity index (χ4v) is 2.90. The first-order valence-electron chi connectivity index (χ1n) is 4.52. The van der Waals surface area contributed by atoms with Crippen molar-refractivity contribution < 1.29 is 4.79 Å². The average Bonchev–Trinajstić information content (AvgIpc) is 2.20. The second-order valence-electron chi connectivity index (χ2n) is 4.92. The number of ketones is 1. The third-order valence-corrected chi connectivity index (χ3v) is 4.48. The third kappa shape index (κ3) is 0.995. The molecule has 1 nitrogen and oxygen atoms in total. The molecule has 0 heterocycles. The van der Waals surface area contributed by atoms with Crippen molar-refractivity contribution in [3.63, 3.8) is 0 Å². The first-order valence-corrected chi connectivity index (χ1v) is 4.52. The van der Waals surface area contributed by atoms with E-state index in [9.17, 15) is 4.79 Å². The third-order valence-electron chi connectivity index (χ3n) is 4.48. The van der Waals surface area contributed by atoms with Gasteiger partial charge in [-0.15, -0.1) is 0 Å². The predicted molar refractivity (Wildman–Crippen MR) is 51.4 cm³/mol. The summed E-state index contributed by atoms with van der Waals surface area (Å²) in [4.78, 5) is 11.6. The van der Waals surface area contributed by atoms with Crippen molar-refractivity contribution in [1.82, 2.24) is 0 Å². The fraction of sp³-hybridized carbons (Fsp3) is 0.900. The summed E-state index contributed by atoms with van der Waals surface area (Å²) in [6.45, 7) is 6.67. The number of carbonyl (C=O) groups excluding carboxylic acids is 1. The van der Waals surface area contributed by atoms with Crippen LogP contribution in [-0.4, -0.2) is 35.3 Å². The Balaban J connectivity index is 0.000000720. The molecule has 0 radical (unpaired) electrons. The van der Waals surface area contributed by atoms with Crippen molar-refractivity contribution in [2.24, 2.45) is 16.7 Å². The Hall–Kier alpha value is 0.670. The molecule has 0 aromatic heterocycles. The number of hydrogen-bond donors (Lipinski definition) is 0. The molecule has 0 aliphatic heterocycles. The topological polar surface area (TPSA) is 17.1 Å². The zero-order valence-electron chi connectivity index (χ0n) is 7.61. The Morgan fingerprint density at radius 1 is 1.33 bits per heavy atom. The molecule has 0 spiro atoms. The fourth-order valence-electron chi connectivity index (χ4n) is 2.90. The number of Topliss-reactive ketones (excluding diaryl/α,β-unsaturated/α-hetero) is 1. The Morgan fingerprint density at radius 3 is 2.08 bits per heavy atom. The standard InChI is InChI=1S/C10H16O.Na.H/c1-9(2)7-4-5-10(9,3)8(11)6-7;;/h7H,4-6H2,1-3H3;;. The normalized spacial score (nSPS) is 42.9. The molecular formula is C10H17NaO. The Labute approximate surface area is 96.6 Å². The van der Waals surface area contributed by atoms with Crippen molar-refractivity contribution in [1.29, 1.82) is 0 Å². The van der Waals surface area contributed by atoms with Crippen LogP contribution < -0.4 is 0 Å². The Morgan fingerprint density at radius 2 is 1.92 bits per heavy atom. The summed E-state index contributed by atoms with van der Waals surface area (Å²) in [5.74, 6) is 1.19. The maximum atomic E-state index is 11.6. The summed E-state index contributed by atoms with van der Waals surface area (Å²) < 4.78 is 0. The van der Waals surface area contributed by atoms with E-state index < -0.39 is 0 Å². The summed E-state index contributed by atoms with van der Waals surface area (Å²) in [6.07, 6.45) is 3.25. The summed E-state index contributed by atoms with van der Waals surface area (Å²) in [6, 6.07) is 0. The monoisotopic (exact) mass is 176 g/mol. The van der Waals surface area contributed by atoms with Crippen molar-refractivity contribution in [3.8, 4) is 0 Å². The number of carbonyl (C=O) groups is 1. The van der Waals surface area contributed by atoms with Crippen molar-refractivity contribution in [2.75, 3.05) is 0 Å². The molecular weight excluding hydrogens is 159 g/mol. The average molecular weight is 176 g/mol. The van der Waals surface area contributed by atoms with Gasteiger partial charge in [0.25, 0.3) is 0 Å². The second kappa shape index (κ2) is 2.83. The van der Waals surface area contributed by atoms with Crippen LogP contribution in [0.1, 0.15) is 40.0 Å². The van der Waals surface area contributed by atoms with Crippen LogP contribution in [0.3, 0.4) is 0 Å². The van der Waals surface area contributed by atoms with Gasteiger partial charge in [0.05, 0.1) is 0 Å². The van der Waals surface area contributed by atoms with Crippen LogP contribution >= 0.6 is 0 Å². The van der Waals surface area contributed by atoms with E-state index in [1.165, 1.54) is 6.42 Å². The van der Waals surface area contributed by atoms with E-state index in [0.717, 1.165) is 12.8 Å². The molecule has 2 rings (SSSR count). The summed E-state index contributed by atoms with van der Waals surface area (Å²) in [5, 5.41) is 0. The molecule has 2 fully saturated rings. The number of fused-ring (bicyclic) bond motifs is 2. The minimum absolute atomic E-state index is 0. The molecule has 0 amide bonds. The number of rotatable bonds is 0. The summed E-state index contributed by atoms with van der Waals surface area (Å²) in [5.41, 5.74) is 0.307. The van der Waals surface area contributed by atoms with E-state index in [1.807, 2.05) is 0 Å². The van der Waals surface area contributed by atoms with Gasteiger partial charge < -0.3 is 0 Å². The van der Waals surface area contributed by atoms with Gasteiger partial charge in [0.2, 0.25) is 0 Å². The molecule has 0 aromatic carbocycles. The van der Waals surface area contributed by atoms with Crippen molar-refractivity contribution >= 4 is 35.3 Å². The molecule has 0 N–H and O–H groups in total.